The van der Waals surface area contributed by atoms with Crippen LogP contribution in [0.1, 0.15) is 38.3 Å². The van der Waals surface area contributed by atoms with Crippen molar-refractivity contribution in [3.63, 3.8) is 0 Å². The number of rotatable bonds is 10. The number of nitrogens with one attached hydrogen (secondary N) is 1. The minimum Gasteiger partial charge on any atom is -0.352 e. The van der Waals surface area contributed by atoms with E-state index < -0.39 is 34.3 Å². The van der Waals surface area contributed by atoms with Crippen LogP contribution in [0.15, 0.2) is 48.5 Å². The molecule has 0 saturated heterocycles. The third kappa shape index (κ3) is 7.56. The van der Waals surface area contributed by atoms with E-state index in [9.17, 15) is 22.4 Å². The lowest BCUT2D eigenvalue weighted by Crippen LogP contribution is -2.52. The molecular formula is C24H32FN3O4S. The van der Waals surface area contributed by atoms with Crippen molar-refractivity contribution in [2.75, 3.05) is 17.1 Å². The van der Waals surface area contributed by atoms with Gasteiger partial charge >= 0.3 is 0 Å². The fourth-order valence-corrected chi connectivity index (χ4v) is 4.07. The quantitative estimate of drug-likeness (QED) is 0.569. The number of halogens is 1. The summed E-state index contributed by atoms with van der Waals surface area (Å²) in [5.74, 6) is -1.30. The number of hydrogen-bond acceptors (Lipinski definition) is 4. The highest BCUT2D eigenvalue weighted by Gasteiger charge is 2.30. The van der Waals surface area contributed by atoms with Crippen LogP contribution in [-0.4, -0.2) is 50.0 Å². The van der Waals surface area contributed by atoms with Crippen LogP contribution in [0.5, 0.6) is 0 Å². The molecule has 1 N–H and O–H groups in total. The van der Waals surface area contributed by atoms with Crippen LogP contribution >= 0.6 is 0 Å². The van der Waals surface area contributed by atoms with Crippen LogP contribution in [0, 0.1) is 12.7 Å². The Morgan fingerprint density at radius 3 is 2.27 bits per heavy atom. The van der Waals surface area contributed by atoms with Gasteiger partial charge in [0, 0.05) is 12.6 Å². The molecule has 0 spiro atoms. The smallest absolute Gasteiger partial charge is 0.244 e. The zero-order chi connectivity index (χ0) is 24.8. The Morgan fingerprint density at radius 1 is 1.09 bits per heavy atom. The molecule has 2 aromatic rings. The average molecular weight is 478 g/mol. The molecule has 0 radical (unpaired) electrons. The van der Waals surface area contributed by atoms with Gasteiger partial charge in [-0.05, 0) is 62.6 Å². The van der Waals surface area contributed by atoms with Gasteiger partial charge in [0.2, 0.25) is 21.8 Å². The Hall–Kier alpha value is -2.94. The Kier molecular flexibility index (Phi) is 8.99. The van der Waals surface area contributed by atoms with Crippen molar-refractivity contribution in [3.8, 4) is 0 Å². The molecule has 2 rings (SSSR count). The zero-order valence-corrected chi connectivity index (χ0v) is 20.5. The van der Waals surface area contributed by atoms with Gasteiger partial charge in [0.1, 0.15) is 18.4 Å². The standard InChI is InChI=1S/C24H32FN3O4S/c1-6-18(3)26-24(30)19(4)27(15-20-10-12-21(25)13-11-20)23(29)16-28(33(5,31)32)22-9-7-8-17(2)14-22/h7-14,18-19H,6,15-16H2,1-5H3,(H,26,30)/t18-,19-/m1/s1. The molecule has 2 amide bonds. The van der Waals surface area contributed by atoms with E-state index >= 15 is 0 Å². The van der Waals surface area contributed by atoms with Crippen molar-refractivity contribution in [2.45, 2.75) is 52.7 Å². The Labute approximate surface area is 195 Å². The second kappa shape index (κ2) is 11.3. The fraction of sp³-hybridized carbons (Fsp3) is 0.417. The number of anilines is 1. The molecule has 180 valence electrons. The number of nitrogens with zero attached hydrogens (tertiary/aromatic N) is 2. The van der Waals surface area contributed by atoms with E-state index in [0.29, 0.717) is 11.3 Å². The van der Waals surface area contributed by atoms with E-state index in [0.717, 1.165) is 22.5 Å². The Bertz CT molecular complexity index is 1070. The summed E-state index contributed by atoms with van der Waals surface area (Å²) < 4.78 is 39.4. The molecule has 0 fully saturated rings. The third-order valence-electron chi connectivity index (χ3n) is 5.40. The fourth-order valence-electron chi connectivity index (χ4n) is 3.23. The Morgan fingerprint density at radius 2 is 1.73 bits per heavy atom. The van der Waals surface area contributed by atoms with Crippen molar-refractivity contribution in [2.24, 2.45) is 0 Å². The second-order valence-electron chi connectivity index (χ2n) is 8.25. The van der Waals surface area contributed by atoms with Crippen molar-refractivity contribution >= 4 is 27.5 Å². The maximum absolute atomic E-state index is 13.4. The number of hydrogen-bond donors (Lipinski definition) is 1. The Balaban J connectivity index is 2.37. The topological polar surface area (TPSA) is 86.8 Å². The molecule has 0 aliphatic heterocycles. The van der Waals surface area contributed by atoms with Crippen LogP contribution in [0.2, 0.25) is 0 Å². The number of sulfonamides is 1. The van der Waals surface area contributed by atoms with Crippen LogP contribution in [0.4, 0.5) is 10.1 Å². The largest absolute Gasteiger partial charge is 0.352 e. The molecule has 0 unspecified atom stereocenters. The van der Waals surface area contributed by atoms with Crippen molar-refractivity contribution in [3.05, 3.63) is 65.5 Å². The summed E-state index contributed by atoms with van der Waals surface area (Å²) in [5.41, 5.74) is 1.83. The highest BCUT2D eigenvalue weighted by molar-refractivity contribution is 7.92. The zero-order valence-electron chi connectivity index (χ0n) is 19.7. The lowest BCUT2D eigenvalue weighted by atomic mass is 10.1. The van der Waals surface area contributed by atoms with Crippen LogP contribution in [-0.2, 0) is 26.2 Å². The molecule has 2 atom stereocenters. The van der Waals surface area contributed by atoms with Gasteiger partial charge in [-0.25, -0.2) is 12.8 Å². The number of aryl methyl sites for hydroxylation is 1. The molecule has 0 saturated carbocycles. The van der Waals surface area contributed by atoms with Gasteiger partial charge in [0.25, 0.3) is 0 Å². The molecule has 0 heterocycles. The summed E-state index contributed by atoms with van der Waals surface area (Å²) in [7, 11) is -3.77. The van der Waals surface area contributed by atoms with Gasteiger partial charge in [0.15, 0.2) is 0 Å². The van der Waals surface area contributed by atoms with Crippen LogP contribution in [0.25, 0.3) is 0 Å². The minimum absolute atomic E-state index is 0.0274. The van der Waals surface area contributed by atoms with E-state index in [1.165, 1.54) is 29.2 Å². The first-order chi connectivity index (χ1) is 15.4. The lowest BCUT2D eigenvalue weighted by Gasteiger charge is -2.32. The third-order valence-corrected chi connectivity index (χ3v) is 6.54. The van der Waals surface area contributed by atoms with Crippen molar-refractivity contribution in [1.82, 2.24) is 10.2 Å². The van der Waals surface area contributed by atoms with Gasteiger partial charge < -0.3 is 10.2 Å². The van der Waals surface area contributed by atoms with Gasteiger partial charge in [-0.15, -0.1) is 0 Å². The SMILES string of the molecule is CC[C@@H](C)NC(=O)[C@@H](C)N(Cc1ccc(F)cc1)C(=O)CN(c1cccc(C)c1)S(C)(=O)=O. The first kappa shape index (κ1) is 26.3. The summed E-state index contributed by atoms with van der Waals surface area (Å²) >= 11 is 0. The van der Waals surface area contributed by atoms with Gasteiger partial charge in [-0.3, -0.25) is 13.9 Å². The first-order valence-electron chi connectivity index (χ1n) is 10.8. The van der Waals surface area contributed by atoms with Gasteiger partial charge in [-0.1, -0.05) is 31.2 Å². The molecule has 7 nitrogen and oxygen atoms in total. The molecule has 33 heavy (non-hydrogen) atoms. The summed E-state index contributed by atoms with van der Waals surface area (Å²) in [6, 6.07) is 11.5. The number of benzene rings is 2. The van der Waals surface area contributed by atoms with Crippen molar-refractivity contribution in [1.29, 1.82) is 0 Å². The second-order valence-corrected chi connectivity index (χ2v) is 10.2. The number of carbonyl (C=O) groups excluding carboxylic acids is 2. The van der Waals surface area contributed by atoms with E-state index in [-0.39, 0.29) is 18.5 Å². The molecule has 0 aliphatic rings. The van der Waals surface area contributed by atoms with Crippen molar-refractivity contribution < 1.29 is 22.4 Å². The van der Waals surface area contributed by atoms with Crippen LogP contribution in [0.3, 0.4) is 0 Å². The van der Waals surface area contributed by atoms with E-state index in [1.807, 2.05) is 26.8 Å². The van der Waals surface area contributed by atoms with E-state index in [4.69, 9.17) is 0 Å². The lowest BCUT2D eigenvalue weighted by molar-refractivity contribution is -0.139. The van der Waals surface area contributed by atoms with E-state index in [2.05, 4.69) is 5.32 Å². The van der Waals surface area contributed by atoms with Crippen LogP contribution < -0.4 is 9.62 Å². The predicted octanol–water partition coefficient (Wildman–Crippen LogP) is 3.23. The van der Waals surface area contributed by atoms with E-state index in [1.54, 1.807) is 25.1 Å². The highest BCUT2D eigenvalue weighted by atomic mass is 32.2. The maximum atomic E-state index is 13.4. The molecule has 2 aromatic carbocycles. The number of amides is 2. The minimum atomic E-state index is -3.77. The molecule has 0 bridgehead atoms. The number of carbonyl (C=O) groups is 2. The molecule has 9 heteroatoms. The first-order valence-corrected chi connectivity index (χ1v) is 12.7. The average Bonchev–Trinajstić information content (AvgIpc) is 2.75. The summed E-state index contributed by atoms with van der Waals surface area (Å²) in [4.78, 5) is 27.5. The molecule has 0 aromatic heterocycles. The summed E-state index contributed by atoms with van der Waals surface area (Å²) in [6.45, 7) is 6.78. The monoisotopic (exact) mass is 477 g/mol. The summed E-state index contributed by atoms with van der Waals surface area (Å²) in [6.07, 6.45) is 1.76. The normalized spacial score (nSPS) is 13.2. The molecular weight excluding hydrogens is 445 g/mol. The highest BCUT2D eigenvalue weighted by Crippen LogP contribution is 2.20. The summed E-state index contributed by atoms with van der Waals surface area (Å²) in [5, 5.41) is 2.86. The van der Waals surface area contributed by atoms with Gasteiger partial charge in [0.05, 0.1) is 11.9 Å². The maximum Gasteiger partial charge on any atom is 0.244 e. The van der Waals surface area contributed by atoms with Gasteiger partial charge in [-0.2, -0.15) is 0 Å². The predicted molar refractivity (Wildman–Crippen MR) is 128 cm³/mol. The molecule has 0 aliphatic carbocycles.